The van der Waals surface area contributed by atoms with Gasteiger partial charge < -0.3 is 10.4 Å². The second-order valence-electron chi connectivity index (χ2n) is 3.70. The average Bonchev–Trinajstić information content (AvgIpc) is 2.27. The summed E-state index contributed by atoms with van der Waals surface area (Å²) in [5, 5.41) is 9.82. The molecule has 0 radical (unpaired) electrons. The molecule has 1 atom stereocenters. The van der Waals surface area contributed by atoms with Gasteiger partial charge >= 0.3 is 5.97 Å². The van der Waals surface area contributed by atoms with E-state index in [2.05, 4.69) is 10.3 Å². The molecule has 1 amide bonds. The van der Waals surface area contributed by atoms with Crippen LogP contribution < -0.4 is 5.32 Å². The molecular formula is C10H12N2O5S. The van der Waals surface area contributed by atoms with E-state index in [-0.39, 0.29) is 11.4 Å². The number of carbonyl (C=O) groups is 2. The maximum absolute atomic E-state index is 11.6. The van der Waals surface area contributed by atoms with Crippen molar-refractivity contribution in [1.82, 2.24) is 4.98 Å². The molecule has 0 aromatic carbocycles. The van der Waals surface area contributed by atoms with E-state index in [1.54, 1.807) is 0 Å². The highest BCUT2D eigenvalue weighted by molar-refractivity contribution is 7.92. The maximum Gasteiger partial charge on any atom is 0.354 e. The van der Waals surface area contributed by atoms with Gasteiger partial charge in [-0.15, -0.1) is 0 Å². The number of nitrogens with zero attached hydrogens (tertiary/aromatic N) is 1. The number of carboxylic acids is 1. The molecule has 1 aromatic rings. The number of sulfone groups is 1. The number of amides is 1. The Morgan fingerprint density at radius 3 is 2.56 bits per heavy atom. The molecular weight excluding hydrogens is 260 g/mol. The lowest BCUT2D eigenvalue weighted by Gasteiger charge is -2.10. The van der Waals surface area contributed by atoms with Crippen LogP contribution in [0.25, 0.3) is 0 Å². The first-order valence-corrected chi connectivity index (χ1v) is 6.86. The van der Waals surface area contributed by atoms with Crippen molar-refractivity contribution in [1.29, 1.82) is 0 Å². The van der Waals surface area contributed by atoms with Crippen LogP contribution >= 0.6 is 0 Å². The van der Waals surface area contributed by atoms with Crippen molar-refractivity contribution in [3.63, 3.8) is 0 Å². The summed E-state index contributed by atoms with van der Waals surface area (Å²) in [6.45, 7) is 1.25. The quantitative estimate of drug-likeness (QED) is 0.806. The van der Waals surface area contributed by atoms with Crippen LogP contribution in [-0.4, -0.2) is 41.9 Å². The van der Waals surface area contributed by atoms with Gasteiger partial charge in [-0.25, -0.2) is 18.2 Å². The van der Waals surface area contributed by atoms with E-state index < -0.39 is 27.0 Å². The summed E-state index contributed by atoms with van der Waals surface area (Å²) in [7, 11) is -3.49. The molecule has 0 aliphatic carbocycles. The van der Waals surface area contributed by atoms with Crippen LogP contribution in [0, 0.1) is 0 Å². The Labute approximate surface area is 104 Å². The molecule has 0 fully saturated rings. The number of carbonyl (C=O) groups excluding carboxylic acids is 1. The predicted octanol–water partition coefficient (Wildman–Crippen LogP) is 0.151. The smallest absolute Gasteiger partial charge is 0.354 e. The van der Waals surface area contributed by atoms with Crippen LogP contribution in [0.15, 0.2) is 18.3 Å². The largest absolute Gasteiger partial charge is 0.477 e. The summed E-state index contributed by atoms with van der Waals surface area (Å²) in [6.07, 6.45) is 2.16. The predicted molar refractivity (Wildman–Crippen MR) is 64.1 cm³/mol. The first kappa shape index (κ1) is 14.1. The number of nitrogens with one attached hydrogen (secondary N) is 1. The number of hydrogen-bond acceptors (Lipinski definition) is 5. The number of carboxylic acid groups (broad SMARTS) is 1. The molecule has 0 aliphatic rings. The fourth-order valence-electron chi connectivity index (χ4n) is 1.06. The molecule has 0 bridgehead atoms. The average molecular weight is 272 g/mol. The molecule has 2 N–H and O–H groups in total. The first-order valence-electron chi connectivity index (χ1n) is 4.91. The molecule has 0 aliphatic heterocycles. The van der Waals surface area contributed by atoms with E-state index in [1.807, 2.05) is 0 Å². The van der Waals surface area contributed by atoms with E-state index in [4.69, 9.17) is 5.11 Å². The molecule has 0 spiro atoms. The molecule has 0 saturated heterocycles. The van der Waals surface area contributed by atoms with Gasteiger partial charge in [-0.2, -0.15) is 0 Å². The van der Waals surface area contributed by atoms with Gasteiger partial charge in [0.05, 0.1) is 0 Å². The Balaban J connectivity index is 2.89. The second-order valence-corrected chi connectivity index (χ2v) is 6.06. The van der Waals surface area contributed by atoms with Gasteiger partial charge in [0.1, 0.15) is 10.9 Å². The van der Waals surface area contributed by atoms with Crippen LogP contribution in [0.5, 0.6) is 0 Å². The molecule has 0 saturated carbocycles. The standard InChI is InChI=1S/C10H12N2O5S/c1-6(18(2,16)17)9(13)12-7-3-4-11-8(5-7)10(14)15/h3-6H,1-2H3,(H,14,15)(H,11,12,13). The van der Waals surface area contributed by atoms with Crippen molar-refractivity contribution in [2.24, 2.45) is 0 Å². The maximum atomic E-state index is 11.6. The van der Waals surface area contributed by atoms with Gasteiger partial charge in [-0.3, -0.25) is 4.79 Å². The minimum Gasteiger partial charge on any atom is -0.477 e. The zero-order chi connectivity index (χ0) is 13.9. The van der Waals surface area contributed by atoms with Crippen molar-refractivity contribution in [2.45, 2.75) is 12.2 Å². The number of pyridine rings is 1. The zero-order valence-corrected chi connectivity index (χ0v) is 10.6. The fraction of sp³-hybridized carbons (Fsp3) is 0.300. The van der Waals surface area contributed by atoms with Gasteiger partial charge in [0.2, 0.25) is 5.91 Å². The van der Waals surface area contributed by atoms with E-state index in [0.717, 1.165) is 12.3 Å². The lowest BCUT2D eigenvalue weighted by molar-refractivity contribution is -0.115. The highest BCUT2D eigenvalue weighted by atomic mass is 32.2. The van der Waals surface area contributed by atoms with Crippen molar-refractivity contribution >= 4 is 27.4 Å². The number of anilines is 1. The van der Waals surface area contributed by atoms with Crippen molar-refractivity contribution in [3.05, 3.63) is 24.0 Å². The molecule has 98 valence electrons. The highest BCUT2D eigenvalue weighted by Gasteiger charge is 2.23. The summed E-state index contributed by atoms with van der Waals surface area (Å²) >= 11 is 0. The van der Waals surface area contributed by atoms with E-state index in [0.29, 0.717) is 0 Å². The fourth-order valence-corrected chi connectivity index (χ4v) is 1.51. The SMILES string of the molecule is CC(C(=O)Nc1ccnc(C(=O)O)c1)S(C)(=O)=O. The van der Waals surface area contributed by atoms with Crippen molar-refractivity contribution in [2.75, 3.05) is 11.6 Å². The summed E-state index contributed by atoms with van der Waals surface area (Å²) in [5.41, 5.74) is -0.0530. The molecule has 1 heterocycles. The zero-order valence-electron chi connectivity index (χ0n) is 9.75. The Morgan fingerprint density at radius 1 is 1.44 bits per heavy atom. The molecule has 1 aromatic heterocycles. The van der Waals surface area contributed by atoms with Gasteiger partial charge in [-0.1, -0.05) is 0 Å². The van der Waals surface area contributed by atoms with E-state index in [1.165, 1.54) is 19.2 Å². The van der Waals surface area contributed by atoms with Crippen LogP contribution in [0.4, 0.5) is 5.69 Å². The van der Waals surface area contributed by atoms with Gasteiger partial charge in [-0.05, 0) is 19.1 Å². The Bertz CT molecular complexity index is 582. The third-order valence-electron chi connectivity index (χ3n) is 2.26. The highest BCUT2D eigenvalue weighted by Crippen LogP contribution is 2.10. The number of aromatic nitrogens is 1. The second kappa shape index (κ2) is 5.13. The summed E-state index contributed by atoms with van der Waals surface area (Å²) < 4.78 is 22.3. The lowest BCUT2D eigenvalue weighted by Crippen LogP contribution is -2.31. The minimum atomic E-state index is -3.49. The first-order chi connectivity index (χ1) is 8.21. The van der Waals surface area contributed by atoms with Crippen LogP contribution in [0.3, 0.4) is 0 Å². The normalized spacial score (nSPS) is 12.8. The third-order valence-corrected chi connectivity index (χ3v) is 3.76. The van der Waals surface area contributed by atoms with Crippen molar-refractivity contribution < 1.29 is 23.1 Å². The molecule has 8 heteroatoms. The van der Waals surface area contributed by atoms with Crippen LogP contribution in [0.1, 0.15) is 17.4 Å². The van der Waals surface area contributed by atoms with Crippen LogP contribution in [-0.2, 0) is 14.6 Å². The monoisotopic (exact) mass is 272 g/mol. The summed E-state index contributed by atoms with van der Waals surface area (Å²) in [5.74, 6) is -1.96. The van der Waals surface area contributed by atoms with Crippen LogP contribution in [0.2, 0.25) is 0 Å². The topological polar surface area (TPSA) is 113 Å². The summed E-state index contributed by atoms with van der Waals surface area (Å²) in [4.78, 5) is 25.8. The molecule has 7 nitrogen and oxygen atoms in total. The number of hydrogen-bond donors (Lipinski definition) is 2. The Hall–Kier alpha value is -1.96. The molecule has 1 unspecified atom stereocenters. The van der Waals surface area contributed by atoms with E-state index in [9.17, 15) is 18.0 Å². The minimum absolute atomic E-state index is 0.183. The molecule has 1 rings (SSSR count). The lowest BCUT2D eigenvalue weighted by atomic mass is 10.3. The number of aromatic carboxylic acids is 1. The van der Waals surface area contributed by atoms with Gasteiger partial charge in [0.15, 0.2) is 9.84 Å². The molecule has 18 heavy (non-hydrogen) atoms. The Morgan fingerprint density at radius 2 is 2.06 bits per heavy atom. The third kappa shape index (κ3) is 3.52. The van der Waals surface area contributed by atoms with Crippen molar-refractivity contribution in [3.8, 4) is 0 Å². The van der Waals surface area contributed by atoms with E-state index >= 15 is 0 Å². The Kier molecular flexibility index (Phi) is 4.02. The van der Waals surface area contributed by atoms with Gasteiger partial charge in [0, 0.05) is 18.1 Å². The van der Waals surface area contributed by atoms with Gasteiger partial charge in [0.25, 0.3) is 0 Å². The number of rotatable bonds is 4. The summed E-state index contributed by atoms with van der Waals surface area (Å²) in [6, 6.07) is 2.52.